The Morgan fingerprint density at radius 1 is 1.47 bits per heavy atom. The van der Waals surface area contributed by atoms with Crippen molar-refractivity contribution in [2.45, 2.75) is 11.1 Å². The summed E-state index contributed by atoms with van der Waals surface area (Å²) in [5, 5.41) is 10.2. The Bertz CT molecular complexity index is 717. The number of halogens is 1. The molecule has 0 aromatic carbocycles. The van der Waals surface area contributed by atoms with Crippen LogP contribution in [0.2, 0.25) is 0 Å². The third-order valence-electron chi connectivity index (χ3n) is 1.99. The van der Waals surface area contributed by atoms with E-state index in [-0.39, 0.29) is 14.3 Å². The first kappa shape index (κ1) is 14.4. The van der Waals surface area contributed by atoms with E-state index in [0.717, 1.165) is 26.9 Å². The molecule has 0 atom stereocenters. The molecule has 2 aromatic heterocycles. The van der Waals surface area contributed by atoms with E-state index in [2.05, 4.69) is 25.6 Å². The molecule has 2 heterocycles. The van der Waals surface area contributed by atoms with Gasteiger partial charge in [0.2, 0.25) is 5.13 Å². The lowest BCUT2D eigenvalue weighted by atomic mass is 10.4. The first-order valence-electron chi connectivity index (χ1n) is 4.68. The minimum atomic E-state index is -3.76. The summed E-state index contributed by atoms with van der Waals surface area (Å²) in [4.78, 5) is 13.5. The van der Waals surface area contributed by atoms with Crippen molar-refractivity contribution in [2.24, 2.45) is 0 Å². The molecule has 0 fully saturated rings. The Kier molecular flexibility index (Phi) is 3.90. The van der Waals surface area contributed by atoms with Crippen LogP contribution in [0.25, 0.3) is 0 Å². The van der Waals surface area contributed by atoms with E-state index in [1.165, 1.54) is 6.07 Å². The highest BCUT2D eigenvalue weighted by Gasteiger charge is 2.21. The van der Waals surface area contributed by atoms with Crippen LogP contribution < -0.4 is 4.72 Å². The number of aromatic nitrogens is 1. The molecule has 0 saturated heterocycles. The number of nitrogens with zero attached hydrogens (tertiary/aromatic N) is 2. The van der Waals surface area contributed by atoms with Gasteiger partial charge in [-0.15, -0.1) is 11.3 Å². The maximum atomic E-state index is 12.0. The van der Waals surface area contributed by atoms with Crippen LogP contribution in [0.15, 0.2) is 20.3 Å². The van der Waals surface area contributed by atoms with Gasteiger partial charge in [0.1, 0.15) is 10.4 Å². The lowest BCUT2D eigenvalue weighted by Crippen LogP contribution is -2.11. The molecule has 102 valence electrons. The molecule has 1 N–H and O–H groups in total. The van der Waals surface area contributed by atoms with Gasteiger partial charge >= 0.3 is 5.00 Å². The van der Waals surface area contributed by atoms with Crippen molar-refractivity contribution in [3.8, 4) is 0 Å². The van der Waals surface area contributed by atoms with Gasteiger partial charge in [0.25, 0.3) is 10.0 Å². The molecular weight excluding hydrogens is 378 g/mol. The predicted molar refractivity (Wildman–Crippen MR) is 76.3 cm³/mol. The Balaban J connectivity index is 2.28. The summed E-state index contributed by atoms with van der Waals surface area (Å²) in [6.45, 7) is 1.77. The second-order valence-corrected chi connectivity index (χ2v) is 8.68. The minimum Gasteiger partial charge on any atom is -0.257 e. The standard InChI is InChI=1S/C8H6BrN3O4S3/c1-4-2-6(18-7(4)9)19(15,16)11-8-10-3-5(17-8)12(13)14/h2-3H,1H3,(H,10,11). The van der Waals surface area contributed by atoms with E-state index in [9.17, 15) is 18.5 Å². The second-order valence-electron chi connectivity index (χ2n) is 3.39. The van der Waals surface area contributed by atoms with Crippen LogP contribution >= 0.6 is 38.6 Å². The lowest BCUT2D eigenvalue weighted by molar-refractivity contribution is -0.380. The zero-order valence-electron chi connectivity index (χ0n) is 9.28. The van der Waals surface area contributed by atoms with E-state index in [0.29, 0.717) is 11.3 Å². The molecule has 0 saturated carbocycles. The third kappa shape index (κ3) is 3.11. The molecule has 0 bridgehead atoms. The summed E-state index contributed by atoms with van der Waals surface area (Å²) in [6.07, 6.45) is 1.01. The van der Waals surface area contributed by atoms with Gasteiger partial charge in [-0.2, -0.15) is 0 Å². The molecule has 0 aliphatic carbocycles. The first-order chi connectivity index (χ1) is 8.79. The predicted octanol–water partition coefficient (Wildman–Crippen LogP) is 2.98. The number of hydrogen-bond acceptors (Lipinski definition) is 7. The highest BCUT2D eigenvalue weighted by Crippen LogP contribution is 2.33. The average Bonchev–Trinajstić information content (AvgIpc) is 2.87. The van der Waals surface area contributed by atoms with E-state index >= 15 is 0 Å². The van der Waals surface area contributed by atoms with Crippen LogP contribution in [0.5, 0.6) is 0 Å². The molecule has 11 heteroatoms. The number of sulfonamides is 1. The van der Waals surface area contributed by atoms with Gasteiger partial charge in [-0.05, 0) is 45.8 Å². The summed E-state index contributed by atoms with van der Waals surface area (Å²) in [6, 6.07) is 1.51. The number of anilines is 1. The zero-order valence-corrected chi connectivity index (χ0v) is 13.3. The van der Waals surface area contributed by atoms with Gasteiger partial charge in [0.15, 0.2) is 0 Å². The second kappa shape index (κ2) is 5.15. The van der Waals surface area contributed by atoms with Crippen molar-refractivity contribution in [2.75, 3.05) is 4.72 Å². The molecular formula is C8H6BrN3O4S3. The Morgan fingerprint density at radius 2 is 2.16 bits per heavy atom. The normalized spacial score (nSPS) is 11.5. The van der Waals surface area contributed by atoms with Crippen LogP contribution in [0, 0.1) is 17.0 Å². The lowest BCUT2D eigenvalue weighted by Gasteiger charge is -2.00. The number of nitrogens with one attached hydrogen (secondary N) is 1. The SMILES string of the molecule is Cc1cc(S(=O)(=O)Nc2ncc([N+](=O)[O-])s2)sc1Br. The van der Waals surface area contributed by atoms with Crippen molar-refractivity contribution < 1.29 is 13.3 Å². The first-order valence-corrected chi connectivity index (χ1v) is 8.59. The van der Waals surface area contributed by atoms with Crippen molar-refractivity contribution >= 4 is 58.8 Å². The Morgan fingerprint density at radius 3 is 2.63 bits per heavy atom. The number of rotatable bonds is 4. The zero-order chi connectivity index (χ0) is 14.2. The number of thiophene rings is 1. The number of nitro groups is 1. The fraction of sp³-hybridized carbons (Fsp3) is 0.125. The molecule has 0 spiro atoms. The van der Waals surface area contributed by atoms with Crippen LogP contribution in [-0.2, 0) is 10.0 Å². The topological polar surface area (TPSA) is 102 Å². The summed E-state index contributed by atoms with van der Waals surface area (Å²) in [5.74, 6) is 0. The average molecular weight is 384 g/mol. The molecule has 2 rings (SSSR count). The molecule has 0 aliphatic rings. The summed E-state index contributed by atoms with van der Waals surface area (Å²) in [7, 11) is -3.76. The maximum absolute atomic E-state index is 12.0. The molecule has 0 unspecified atom stereocenters. The quantitative estimate of drug-likeness (QED) is 0.645. The van der Waals surface area contributed by atoms with Gasteiger partial charge in [-0.1, -0.05) is 0 Å². The number of thiazole rings is 1. The van der Waals surface area contributed by atoms with Crippen molar-refractivity contribution in [1.29, 1.82) is 0 Å². The summed E-state index contributed by atoms with van der Waals surface area (Å²) >= 11 is 4.97. The fourth-order valence-corrected chi connectivity index (χ4v) is 5.23. The van der Waals surface area contributed by atoms with Crippen molar-refractivity contribution in [1.82, 2.24) is 4.98 Å². The van der Waals surface area contributed by atoms with Crippen LogP contribution in [0.3, 0.4) is 0 Å². The van der Waals surface area contributed by atoms with Gasteiger partial charge < -0.3 is 0 Å². The molecule has 0 amide bonds. The maximum Gasteiger partial charge on any atom is 0.345 e. The van der Waals surface area contributed by atoms with Crippen LogP contribution in [0.1, 0.15) is 5.56 Å². The monoisotopic (exact) mass is 383 g/mol. The smallest absolute Gasteiger partial charge is 0.257 e. The highest BCUT2D eigenvalue weighted by molar-refractivity contribution is 9.11. The van der Waals surface area contributed by atoms with E-state index in [1.807, 2.05) is 0 Å². The van der Waals surface area contributed by atoms with Gasteiger partial charge in [0, 0.05) is 0 Å². The summed E-state index contributed by atoms with van der Waals surface area (Å²) in [5.41, 5.74) is 0.801. The minimum absolute atomic E-state index is 0.0334. The Labute approximate surface area is 124 Å². The fourth-order valence-electron chi connectivity index (χ4n) is 1.13. The van der Waals surface area contributed by atoms with Crippen molar-refractivity contribution in [3.05, 3.63) is 31.7 Å². The van der Waals surface area contributed by atoms with Gasteiger partial charge in [-0.25, -0.2) is 13.4 Å². The van der Waals surface area contributed by atoms with Crippen molar-refractivity contribution in [3.63, 3.8) is 0 Å². The number of aryl methyl sites for hydroxylation is 1. The highest BCUT2D eigenvalue weighted by atomic mass is 79.9. The van der Waals surface area contributed by atoms with E-state index in [4.69, 9.17) is 0 Å². The van der Waals surface area contributed by atoms with Crippen LogP contribution in [-0.4, -0.2) is 18.3 Å². The number of hydrogen-bond donors (Lipinski definition) is 1. The third-order valence-corrected chi connectivity index (χ3v) is 6.94. The van der Waals surface area contributed by atoms with Crippen LogP contribution in [0.4, 0.5) is 10.1 Å². The molecule has 0 radical (unpaired) electrons. The van der Waals surface area contributed by atoms with Gasteiger partial charge in [-0.3, -0.25) is 14.8 Å². The Hall–Kier alpha value is -1.04. The van der Waals surface area contributed by atoms with E-state index in [1.54, 1.807) is 6.92 Å². The largest absolute Gasteiger partial charge is 0.345 e. The molecule has 7 nitrogen and oxygen atoms in total. The molecule has 19 heavy (non-hydrogen) atoms. The van der Waals surface area contributed by atoms with E-state index < -0.39 is 14.9 Å². The van der Waals surface area contributed by atoms with Gasteiger partial charge in [0.05, 0.1) is 8.71 Å². The molecule has 2 aromatic rings. The summed E-state index contributed by atoms with van der Waals surface area (Å²) < 4.78 is 27.1. The molecule has 0 aliphatic heterocycles.